The molecule has 0 saturated heterocycles. The van der Waals surface area contributed by atoms with Gasteiger partial charge in [0, 0.05) is 11.3 Å². The predicted octanol–water partition coefficient (Wildman–Crippen LogP) is 0.906. The third kappa shape index (κ3) is 2.03. The number of nitrogens with one attached hydrogen (secondary N) is 1. The zero-order valence-corrected chi connectivity index (χ0v) is 8.29. The smallest absolute Gasteiger partial charge is 0.238 e. The summed E-state index contributed by atoms with van der Waals surface area (Å²) in [6, 6.07) is 3.49. The molecule has 0 bridgehead atoms. The van der Waals surface area contributed by atoms with Gasteiger partial charge in [0.1, 0.15) is 5.75 Å². The van der Waals surface area contributed by atoms with Crippen molar-refractivity contribution < 1.29 is 9.90 Å². The monoisotopic (exact) mass is 194 g/mol. The number of phenols is 1. The Kier molecular flexibility index (Phi) is 3.09. The van der Waals surface area contributed by atoms with Crippen molar-refractivity contribution >= 4 is 11.6 Å². The molecule has 0 aromatic heterocycles. The molecule has 0 aliphatic carbocycles. The average Bonchev–Trinajstić information content (AvgIpc) is 2.19. The van der Waals surface area contributed by atoms with E-state index < -0.39 is 0 Å². The van der Waals surface area contributed by atoms with E-state index in [1.165, 1.54) is 0 Å². The lowest BCUT2D eigenvalue weighted by Gasteiger charge is -2.10. The highest BCUT2D eigenvalue weighted by atomic mass is 16.3. The van der Waals surface area contributed by atoms with Gasteiger partial charge in [0.05, 0.1) is 6.54 Å². The summed E-state index contributed by atoms with van der Waals surface area (Å²) in [5.41, 5.74) is 7.21. The molecule has 4 N–H and O–H groups in total. The van der Waals surface area contributed by atoms with Crippen molar-refractivity contribution in [3.05, 3.63) is 23.3 Å². The van der Waals surface area contributed by atoms with Gasteiger partial charge in [-0.25, -0.2) is 0 Å². The van der Waals surface area contributed by atoms with Gasteiger partial charge in [-0.2, -0.15) is 0 Å². The number of aromatic hydroxyl groups is 1. The molecule has 76 valence electrons. The molecule has 1 amide bonds. The van der Waals surface area contributed by atoms with Gasteiger partial charge in [-0.05, 0) is 25.5 Å². The molecule has 1 rings (SSSR count). The highest BCUT2D eigenvalue weighted by Crippen LogP contribution is 2.27. The fourth-order valence-electron chi connectivity index (χ4n) is 1.17. The van der Waals surface area contributed by atoms with Crippen molar-refractivity contribution in [1.29, 1.82) is 0 Å². The van der Waals surface area contributed by atoms with Gasteiger partial charge in [-0.1, -0.05) is 6.07 Å². The van der Waals surface area contributed by atoms with Crippen LogP contribution < -0.4 is 11.1 Å². The first-order valence-corrected chi connectivity index (χ1v) is 4.35. The standard InChI is InChI=1S/C10H14N2O2/c1-6-3-4-8(7(2)10(6)14)12-9(13)5-11/h3-4,14H,5,11H2,1-2H3,(H,12,13). The van der Waals surface area contributed by atoms with Gasteiger partial charge in [0.15, 0.2) is 0 Å². The summed E-state index contributed by atoms with van der Waals surface area (Å²) >= 11 is 0. The fourth-order valence-corrected chi connectivity index (χ4v) is 1.17. The number of rotatable bonds is 2. The summed E-state index contributed by atoms with van der Waals surface area (Å²) in [6.07, 6.45) is 0. The van der Waals surface area contributed by atoms with E-state index in [1.807, 2.05) is 0 Å². The van der Waals surface area contributed by atoms with E-state index in [0.717, 1.165) is 5.56 Å². The van der Waals surface area contributed by atoms with E-state index >= 15 is 0 Å². The Morgan fingerprint density at radius 3 is 2.71 bits per heavy atom. The van der Waals surface area contributed by atoms with E-state index in [4.69, 9.17) is 5.73 Å². The Labute approximate surface area is 82.7 Å². The van der Waals surface area contributed by atoms with Crippen LogP contribution in [0.5, 0.6) is 5.75 Å². The molecule has 4 nitrogen and oxygen atoms in total. The average molecular weight is 194 g/mol. The van der Waals surface area contributed by atoms with Crippen LogP contribution in [0.1, 0.15) is 11.1 Å². The van der Waals surface area contributed by atoms with E-state index in [-0.39, 0.29) is 18.2 Å². The van der Waals surface area contributed by atoms with Gasteiger partial charge < -0.3 is 16.2 Å². The highest BCUT2D eigenvalue weighted by molar-refractivity contribution is 5.93. The lowest BCUT2D eigenvalue weighted by molar-refractivity contribution is -0.114. The second-order valence-electron chi connectivity index (χ2n) is 3.16. The van der Waals surface area contributed by atoms with Crippen LogP contribution in [0, 0.1) is 13.8 Å². The minimum absolute atomic E-state index is 0.0614. The molecule has 4 heteroatoms. The maximum absolute atomic E-state index is 11.0. The molecule has 0 atom stereocenters. The van der Waals surface area contributed by atoms with Crippen LogP contribution >= 0.6 is 0 Å². The highest BCUT2D eigenvalue weighted by Gasteiger charge is 2.07. The summed E-state index contributed by atoms with van der Waals surface area (Å²) in [4.78, 5) is 11.0. The quantitative estimate of drug-likeness (QED) is 0.655. The van der Waals surface area contributed by atoms with E-state index in [0.29, 0.717) is 11.3 Å². The van der Waals surface area contributed by atoms with Crippen LogP contribution in [0.15, 0.2) is 12.1 Å². The molecule has 0 unspecified atom stereocenters. The molecule has 0 aliphatic heterocycles. The molecule has 0 spiro atoms. The predicted molar refractivity (Wildman–Crippen MR) is 55.3 cm³/mol. The molecule has 0 fully saturated rings. The number of hydrogen-bond acceptors (Lipinski definition) is 3. The van der Waals surface area contributed by atoms with Crippen LogP contribution in [0.2, 0.25) is 0 Å². The Bertz CT molecular complexity index is 361. The number of nitrogens with two attached hydrogens (primary N) is 1. The summed E-state index contributed by atoms with van der Waals surface area (Å²) in [7, 11) is 0. The van der Waals surface area contributed by atoms with Crippen LogP contribution in [0.3, 0.4) is 0 Å². The lowest BCUT2D eigenvalue weighted by Crippen LogP contribution is -2.22. The van der Waals surface area contributed by atoms with Crippen molar-refractivity contribution in [2.45, 2.75) is 13.8 Å². The first kappa shape index (κ1) is 10.5. The summed E-state index contributed by atoms with van der Waals surface area (Å²) in [5, 5.41) is 12.2. The number of carbonyl (C=O) groups excluding carboxylic acids is 1. The largest absolute Gasteiger partial charge is 0.507 e. The molecule has 0 heterocycles. The Morgan fingerprint density at radius 1 is 1.50 bits per heavy atom. The molecular formula is C10H14N2O2. The van der Waals surface area contributed by atoms with Gasteiger partial charge in [-0.3, -0.25) is 4.79 Å². The number of hydrogen-bond donors (Lipinski definition) is 3. The number of phenolic OH excluding ortho intramolecular Hbond substituents is 1. The van der Waals surface area contributed by atoms with Crippen molar-refractivity contribution in [3.63, 3.8) is 0 Å². The van der Waals surface area contributed by atoms with Crippen molar-refractivity contribution in [2.75, 3.05) is 11.9 Å². The SMILES string of the molecule is Cc1ccc(NC(=O)CN)c(C)c1O. The third-order valence-electron chi connectivity index (χ3n) is 2.09. The molecule has 14 heavy (non-hydrogen) atoms. The topological polar surface area (TPSA) is 75.4 Å². The maximum Gasteiger partial charge on any atom is 0.238 e. The minimum atomic E-state index is -0.267. The molecular weight excluding hydrogens is 180 g/mol. The first-order valence-electron chi connectivity index (χ1n) is 4.35. The van der Waals surface area contributed by atoms with Gasteiger partial charge in [-0.15, -0.1) is 0 Å². The fraction of sp³-hybridized carbons (Fsp3) is 0.300. The van der Waals surface area contributed by atoms with Gasteiger partial charge in [0.2, 0.25) is 5.91 Å². The zero-order chi connectivity index (χ0) is 10.7. The van der Waals surface area contributed by atoms with Gasteiger partial charge in [0.25, 0.3) is 0 Å². The number of amides is 1. The normalized spacial score (nSPS) is 9.93. The van der Waals surface area contributed by atoms with Crippen LogP contribution in [-0.4, -0.2) is 17.6 Å². The first-order chi connectivity index (χ1) is 6.56. The molecule has 0 saturated carbocycles. The molecule has 1 aromatic carbocycles. The molecule has 1 aromatic rings. The zero-order valence-electron chi connectivity index (χ0n) is 8.29. The van der Waals surface area contributed by atoms with E-state index in [9.17, 15) is 9.90 Å². The third-order valence-corrected chi connectivity index (χ3v) is 2.09. The summed E-state index contributed by atoms with van der Waals surface area (Å²) in [5.74, 6) is -0.0591. The Hall–Kier alpha value is -1.55. The number of aryl methyl sites for hydroxylation is 1. The Morgan fingerprint density at radius 2 is 2.14 bits per heavy atom. The summed E-state index contributed by atoms with van der Waals surface area (Å²) in [6.45, 7) is 3.49. The van der Waals surface area contributed by atoms with Gasteiger partial charge >= 0.3 is 0 Å². The second-order valence-corrected chi connectivity index (χ2v) is 3.16. The van der Waals surface area contributed by atoms with Crippen LogP contribution in [0.4, 0.5) is 5.69 Å². The summed E-state index contributed by atoms with van der Waals surface area (Å²) < 4.78 is 0. The number of benzene rings is 1. The second kappa shape index (κ2) is 4.11. The van der Waals surface area contributed by atoms with Crippen LogP contribution in [0.25, 0.3) is 0 Å². The maximum atomic E-state index is 11.0. The molecule has 0 aliphatic rings. The van der Waals surface area contributed by atoms with Crippen molar-refractivity contribution in [3.8, 4) is 5.75 Å². The molecule has 0 radical (unpaired) electrons. The number of carbonyl (C=O) groups is 1. The van der Waals surface area contributed by atoms with Crippen molar-refractivity contribution in [1.82, 2.24) is 0 Å². The lowest BCUT2D eigenvalue weighted by atomic mass is 10.1. The van der Waals surface area contributed by atoms with Crippen molar-refractivity contribution in [2.24, 2.45) is 5.73 Å². The van der Waals surface area contributed by atoms with E-state index in [2.05, 4.69) is 5.32 Å². The Balaban J connectivity index is 3.00. The number of anilines is 1. The van der Waals surface area contributed by atoms with Crippen LogP contribution in [-0.2, 0) is 4.79 Å². The minimum Gasteiger partial charge on any atom is -0.507 e. The van der Waals surface area contributed by atoms with E-state index in [1.54, 1.807) is 26.0 Å².